The maximum atomic E-state index is 5.83. The van der Waals surface area contributed by atoms with E-state index < -0.39 is 0 Å². The van der Waals surface area contributed by atoms with E-state index in [4.69, 9.17) is 11.6 Å². The van der Waals surface area contributed by atoms with Gasteiger partial charge in [0.15, 0.2) is 0 Å². The Morgan fingerprint density at radius 1 is 1.56 bits per heavy atom. The number of hydrogen-bond acceptors (Lipinski definition) is 3. The smallest absolute Gasteiger partial charge is 0.140 e. The highest BCUT2D eigenvalue weighted by Crippen LogP contribution is 2.23. The molecule has 2 heterocycles. The van der Waals surface area contributed by atoms with Gasteiger partial charge in [0.05, 0.1) is 9.50 Å². The van der Waals surface area contributed by atoms with E-state index in [-0.39, 0.29) is 0 Å². The van der Waals surface area contributed by atoms with Crippen molar-refractivity contribution in [2.45, 2.75) is 25.3 Å². The fraction of sp³-hybridized carbons (Fsp3) is 0.545. The lowest BCUT2D eigenvalue weighted by Gasteiger charge is -2.24. The molecule has 0 radical (unpaired) electrons. The van der Waals surface area contributed by atoms with Crippen molar-refractivity contribution in [3.63, 3.8) is 0 Å². The first-order valence-corrected chi connectivity index (χ1v) is 6.71. The molecule has 3 nitrogen and oxygen atoms in total. The van der Waals surface area contributed by atoms with Crippen LogP contribution in [-0.2, 0) is 0 Å². The summed E-state index contributed by atoms with van der Waals surface area (Å²) in [5.74, 6) is 0.858. The number of nitrogens with zero attached hydrogens (tertiary/aromatic N) is 1. The zero-order valence-electron chi connectivity index (χ0n) is 8.97. The molecule has 0 spiro atoms. The summed E-state index contributed by atoms with van der Waals surface area (Å²) in [6.45, 7) is 2.04. The molecule has 1 saturated heterocycles. The number of rotatable bonds is 3. The van der Waals surface area contributed by atoms with Gasteiger partial charge < -0.3 is 10.6 Å². The van der Waals surface area contributed by atoms with E-state index >= 15 is 0 Å². The zero-order valence-corrected chi connectivity index (χ0v) is 11.3. The number of piperidine rings is 1. The Morgan fingerprint density at radius 3 is 3.12 bits per heavy atom. The zero-order chi connectivity index (χ0) is 11.4. The molecule has 0 saturated carbocycles. The maximum absolute atomic E-state index is 5.83. The van der Waals surface area contributed by atoms with Crippen molar-refractivity contribution in [3.8, 4) is 0 Å². The van der Waals surface area contributed by atoms with Gasteiger partial charge in [-0.1, -0.05) is 18.0 Å². The van der Waals surface area contributed by atoms with Gasteiger partial charge in [-0.3, -0.25) is 0 Å². The molecule has 16 heavy (non-hydrogen) atoms. The first-order valence-electron chi connectivity index (χ1n) is 5.54. The summed E-state index contributed by atoms with van der Waals surface area (Å²) in [6, 6.07) is 2.41. The number of pyridine rings is 1. The van der Waals surface area contributed by atoms with Crippen molar-refractivity contribution in [1.29, 1.82) is 0 Å². The van der Waals surface area contributed by atoms with Crippen LogP contribution in [0.25, 0.3) is 0 Å². The first kappa shape index (κ1) is 12.1. The quantitative estimate of drug-likeness (QED) is 0.901. The lowest BCUT2D eigenvalue weighted by atomic mass is 10.1. The van der Waals surface area contributed by atoms with Gasteiger partial charge in [-0.15, -0.1) is 0 Å². The first-order chi connectivity index (χ1) is 7.75. The lowest BCUT2D eigenvalue weighted by molar-refractivity contribution is 0.414. The van der Waals surface area contributed by atoms with Crippen LogP contribution in [0.5, 0.6) is 0 Å². The molecule has 5 heteroatoms. The molecule has 88 valence electrons. The maximum Gasteiger partial charge on any atom is 0.140 e. The van der Waals surface area contributed by atoms with Gasteiger partial charge >= 0.3 is 0 Å². The second kappa shape index (κ2) is 5.84. The van der Waals surface area contributed by atoms with Crippen LogP contribution in [0.2, 0.25) is 5.02 Å². The Bertz CT molecular complexity index is 353. The summed E-state index contributed by atoms with van der Waals surface area (Å²) in [5, 5.41) is 7.47. The summed E-state index contributed by atoms with van der Waals surface area (Å²) in [6.07, 6.45) is 5.50. The van der Waals surface area contributed by atoms with Crippen molar-refractivity contribution < 1.29 is 0 Å². The van der Waals surface area contributed by atoms with Gasteiger partial charge in [-0.25, -0.2) is 4.98 Å². The summed E-state index contributed by atoms with van der Waals surface area (Å²) in [7, 11) is 0. The number of aromatic nitrogens is 1. The van der Waals surface area contributed by atoms with Gasteiger partial charge in [0, 0.05) is 18.8 Å². The minimum Gasteiger partial charge on any atom is -0.368 e. The van der Waals surface area contributed by atoms with Crippen LogP contribution in [0.3, 0.4) is 0 Å². The van der Waals surface area contributed by atoms with E-state index in [1.54, 1.807) is 6.20 Å². The Morgan fingerprint density at radius 2 is 2.44 bits per heavy atom. The minimum atomic E-state index is 0.554. The fourth-order valence-electron chi connectivity index (χ4n) is 1.86. The van der Waals surface area contributed by atoms with Gasteiger partial charge in [0.1, 0.15) is 5.82 Å². The lowest BCUT2D eigenvalue weighted by Crippen LogP contribution is -2.39. The van der Waals surface area contributed by atoms with E-state index in [1.165, 1.54) is 19.3 Å². The minimum absolute atomic E-state index is 0.554. The summed E-state index contributed by atoms with van der Waals surface area (Å²) < 4.78 is 0.913. The molecule has 1 aromatic heterocycles. The molecule has 0 aliphatic carbocycles. The third-order valence-corrected chi connectivity index (χ3v) is 3.55. The molecule has 2 rings (SSSR count). The second-order valence-corrected chi connectivity index (χ2v) is 5.30. The topological polar surface area (TPSA) is 37.0 Å². The average molecular weight is 305 g/mol. The number of hydrogen-bond donors (Lipinski definition) is 2. The SMILES string of the molecule is Clc1cnc(NCC2CCCCN2)c(Br)c1. The molecule has 0 amide bonds. The van der Waals surface area contributed by atoms with Crippen LogP contribution in [0, 0.1) is 0 Å². The van der Waals surface area contributed by atoms with Gasteiger partial charge in [-0.2, -0.15) is 0 Å². The van der Waals surface area contributed by atoms with E-state index in [2.05, 4.69) is 31.5 Å². The molecule has 1 fully saturated rings. The molecule has 1 aliphatic heterocycles. The molecular weight excluding hydrogens is 289 g/mol. The molecule has 0 aromatic carbocycles. The van der Waals surface area contributed by atoms with E-state index in [1.807, 2.05) is 6.07 Å². The van der Waals surface area contributed by atoms with Crippen molar-refractivity contribution in [2.75, 3.05) is 18.4 Å². The molecule has 1 unspecified atom stereocenters. The molecular formula is C11H15BrClN3. The van der Waals surface area contributed by atoms with Crippen molar-refractivity contribution in [3.05, 3.63) is 21.8 Å². The van der Waals surface area contributed by atoms with E-state index in [9.17, 15) is 0 Å². The highest BCUT2D eigenvalue weighted by Gasteiger charge is 2.12. The normalized spacial score (nSPS) is 20.8. The van der Waals surface area contributed by atoms with Crippen molar-refractivity contribution in [2.24, 2.45) is 0 Å². The van der Waals surface area contributed by atoms with Gasteiger partial charge in [0.2, 0.25) is 0 Å². The van der Waals surface area contributed by atoms with Crippen LogP contribution in [0.4, 0.5) is 5.82 Å². The van der Waals surface area contributed by atoms with Crippen LogP contribution in [0.15, 0.2) is 16.7 Å². The molecule has 1 atom stereocenters. The summed E-state index contributed by atoms with van der Waals surface area (Å²) in [4.78, 5) is 4.24. The second-order valence-electron chi connectivity index (χ2n) is 4.01. The number of halogens is 2. The predicted molar refractivity (Wildman–Crippen MR) is 71.1 cm³/mol. The van der Waals surface area contributed by atoms with Crippen LogP contribution < -0.4 is 10.6 Å². The Kier molecular flexibility index (Phi) is 4.44. The largest absolute Gasteiger partial charge is 0.368 e. The highest BCUT2D eigenvalue weighted by atomic mass is 79.9. The van der Waals surface area contributed by atoms with Crippen LogP contribution in [0.1, 0.15) is 19.3 Å². The Labute approximate surface area is 109 Å². The number of nitrogens with one attached hydrogen (secondary N) is 2. The molecule has 1 aliphatic rings. The molecule has 1 aromatic rings. The average Bonchev–Trinajstić information content (AvgIpc) is 2.29. The third-order valence-electron chi connectivity index (χ3n) is 2.74. The summed E-state index contributed by atoms with van der Waals surface area (Å²) >= 11 is 9.28. The number of anilines is 1. The predicted octanol–water partition coefficient (Wildman–Crippen LogP) is 3.05. The van der Waals surface area contributed by atoms with Gasteiger partial charge in [-0.05, 0) is 41.4 Å². The van der Waals surface area contributed by atoms with Crippen LogP contribution in [-0.4, -0.2) is 24.1 Å². The highest BCUT2D eigenvalue weighted by molar-refractivity contribution is 9.10. The van der Waals surface area contributed by atoms with Crippen LogP contribution >= 0.6 is 27.5 Å². The Balaban J connectivity index is 1.88. The van der Waals surface area contributed by atoms with Gasteiger partial charge in [0.25, 0.3) is 0 Å². The van der Waals surface area contributed by atoms with E-state index in [0.717, 1.165) is 23.4 Å². The monoisotopic (exact) mass is 303 g/mol. The molecule has 0 bridgehead atoms. The molecule has 2 N–H and O–H groups in total. The third kappa shape index (κ3) is 3.34. The van der Waals surface area contributed by atoms with E-state index in [0.29, 0.717) is 11.1 Å². The standard InChI is InChI=1S/C11H15BrClN3/c12-10-5-8(13)6-15-11(10)16-7-9-3-1-2-4-14-9/h5-6,9,14H,1-4,7H2,(H,15,16). The van der Waals surface area contributed by atoms with Crippen molar-refractivity contribution in [1.82, 2.24) is 10.3 Å². The Hall–Kier alpha value is -0.320. The van der Waals surface area contributed by atoms with Crippen molar-refractivity contribution >= 4 is 33.3 Å². The fourth-order valence-corrected chi connectivity index (χ4v) is 2.64. The summed E-state index contributed by atoms with van der Waals surface area (Å²) in [5.41, 5.74) is 0.